The third-order valence-corrected chi connectivity index (χ3v) is 4.43. The molecule has 0 aliphatic rings. The first-order valence-electron chi connectivity index (χ1n) is 9.30. The third-order valence-electron chi connectivity index (χ3n) is 4.43. The number of hydrogen-bond acceptors (Lipinski definition) is 3. The Balaban J connectivity index is 1.66. The van der Waals surface area contributed by atoms with Crippen LogP contribution in [-0.4, -0.2) is 10.8 Å². The van der Waals surface area contributed by atoms with E-state index in [2.05, 4.69) is 53.3 Å². The maximum absolute atomic E-state index is 11.6. The molecule has 1 aromatic heterocycles. The van der Waals surface area contributed by atoms with E-state index < -0.39 is 0 Å². The van der Waals surface area contributed by atoms with Crippen molar-refractivity contribution in [2.45, 2.75) is 19.4 Å². The summed E-state index contributed by atoms with van der Waals surface area (Å²) in [6.45, 7) is 5.67. The van der Waals surface area contributed by atoms with Gasteiger partial charge >= 0.3 is 0 Å². The number of pyridine rings is 1. The third kappa shape index (κ3) is 5.52. The molecule has 0 aliphatic heterocycles. The van der Waals surface area contributed by atoms with Gasteiger partial charge in [0.15, 0.2) is 0 Å². The number of nitrogens with one attached hydrogen (secondary N) is 1. The molecule has 1 atom stereocenters. The summed E-state index contributed by atoms with van der Waals surface area (Å²) in [6, 6.07) is 22.4. The fraction of sp³-hybridized carbons (Fsp3) is 0.120. The van der Waals surface area contributed by atoms with E-state index in [9.17, 15) is 4.79 Å². The van der Waals surface area contributed by atoms with Crippen LogP contribution in [0.4, 0.5) is 0 Å². The smallest absolute Gasteiger partial charge is 0.132 e. The number of carbonyl (C=O) groups excluding carboxylic acids is 1. The van der Waals surface area contributed by atoms with Crippen molar-refractivity contribution in [3.63, 3.8) is 0 Å². The molecular weight excluding hydrogens is 344 g/mol. The van der Waals surface area contributed by atoms with E-state index in [1.807, 2.05) is 42.5 Å². The number of Topliss-reactive ketones (excluding diaryl/α,β-unsaturated/α-hetero) is 1. The van der Waals surface area contributed by atoms with Crippen LogP contribution in [0.15, 0.2) is 97.5 Å². The van der Waals surface area contributed by atoms with Gasteiger partial charge in [-0.15, -0.1) is 0 Å². The van der Waals surface area contributed by atoms with Gasteiger partial charge in [0.2, 0.25) is 0 Å². The number of hydrogen-bond donors (Lipinski definition) is 1. The first kappa shape index (κ1) is 19.3. The molecule has 28 heavy (non-hydrogen) atoms. The van der Waals surface area contributed by atoms with Gasteiger partial charge in [0.25, 0.3) is 0 Å². The van der Waals surface area contributed by atoms with Crippen molar-refractivity contribution in [1.29, 1.82) is 0 Å². The van der Waals surface area contributed by atoms with Crippen LogP contribution in [0.25, 0.3) is 17.2 Å². The van der Waals surface area contributed by atoms with Crippen molar-refractivity contribution in [3.8, 4) is 11.1 Å². The number of carbonyl (C=O) groups is 1. The Bertz CT molecular complexity index is 945. The highest BCUT2D eigenvalue weighted by molar-refractivity contribution is 5.76. The summed E-state index contributed by atoms with van der Waals surface area (Å²) >= 11 is 0. The maximum Gasteiger partial charge on any atom is 0.132 e. The molecule has 3 nitrogen and oxygen atoms in total. The molecule has 0 bridgehead atoms. The Morgan fingerprint density at radius 2 is 1.75 bits per heavy atom. The second-order valence-electron chi connectivity index (χ2n) is 6.74. The molecule has 0 spiro atoms. The van der Waals surface area contributed by atoms with Crippen molar-refractivity contribution in [2.75, 3.05) is 0 Å². The summed E-state index contributed by atoms with van der Waals surface area (Å²) in [5, 5.41) is 3.33. The maximum atomic E-state index is 11.6. The SMILES string of the molecule is C=C(/C=C/c1ccc(-c2ccccc2)cc1)NC(CC(C)=O)c1cccnc1. The Labute approximate surface area is 166 Å². The quantitative estimate of drug-likeness (QED) is 0.527. The zero-order valence-corrected chi connectivity index (χ0v) is 16.0. The average molecular weight is 368 g/mol. The van der Waals surface area contributed by atoms with Crippen LogP contribution in [0.2, 0.25) is 0 Å². The molecule has 3 rings (SSSR count). The lowest BCUT2D eigenvalue weighted by Gasteiger charge is -2.19. The topological polar surface area (TPSA) is 42.0 Å². The molecule has 3 aromatic rings. The molecule has 0 radical (unpaired) electrons. The van der Waals surface area contributed by atoms with Gasteiger partial charge in [-0.3, -0.25) is 9.78 Å². The van der Waals surface area contributed by atoms with Crippen molar-refractivity contribution < 1.29 is 4.79 Å². The number of aromatic nitrogens is 1. The molecule has 0 fully saturated rings. The molecule has 1 N–H and O–H groups in total. The van der Waals surface area contributed by atoms with E-state index in [-0.39, 0.29) is 11.8 Å². The van der Waals surface area contributed by atoms with E-state index in [4.69, 9.17) is 0 Å². The van der Waals surface area contributed by atoms with Crippen LogP contribution in [0.3, 0.4) is 0 Å². The van der Waals surface area contributed by atoms with Crippen LogP contribution in [-0.2, 0) is 4.79 Å². The highest BCUT2D eigenvalue weighted by Gasteiger charge is 2.13. The first-order chi connectivity index (χ1) is 13.6. The second-order valence-corrected chi connectivity index (χ2v) is 6.74. The fourth-order valence-corrected chi connectivity index (χ4v) is 3.01. The zero-order valence-electron chi connectivity index (χ0n) is 16.0. The number of ketones is 1. The Kier molecular flexibility index (Phi) is 6.53. The minimum Gasteiger partial charge on any atom is -0.378 e. The minimum absolute atomic E-state index is 0.120. The van der Waals surface area contributed by atoms with Crippen LogP contribution < -0.4 is 5.32 Å². The van der Waals surface area contributed by atoms with Gasteiger partial charge in [0, 0.05) is 24.5 Å². The average Bonchev–Trinajstić information content (AvgIpc) is 2.73. The van der Waals surface area contributed by atoms with Gasteiger partial charge in [-0.25, -0.2) is 0 Å². The number of rotatable bonds is 8. The van der Waals surface area contributed by atoms with Crippen molar-refractivity contribution in [1.82, 2.24) is 10.3 Å². The zero-order chi connectivity index (χ0) is 19.8. The van der Waals surface area contributed by atoms with Crippen LogP contribution in [0.5, 0.6) is 0 Å². The predicted octanol–water partition coefficient (Wildman–Crippen LogP) is 5.59. The van der Waals surface area contributed by atoms with Crippen molar-refractivity contribution in [2.24, 2.45) is 0 Å². The summed E-state index contributed by atoms with van der Waals surface area (Å²) in [6.07, 6.45) is 7.84. The number of nitrogens with zero attached hydrogens (tertiary/aromatic N) is 1. The molecule has 1 heterocycles. The van der Waals surface area contributed by atoms with Crippen molar-refractivity contribution >= 4 is 11.9 Å². The Morgan fingerprint density at radius 3 is 2.39 bits per heavy atom. The lowest BCUT2D eigenvalue weighted by atomic mass is 10.0. The fourth-order valence-electron chi connectivity index (χ4n) is 3.01. The molecule has 3 heteroatoms. The summed E-state index contributed by atoms with van der Waals surface area (Å²) in [7, 11) is 0. The van der Waals surface area contributed by atoms with Gasteiger partial charge in [-0.05, 0) is 41.3 Å². The normalized spacial score (nSPS) is 11.9. The van der Waals surface area contributed by atoms with Gasteiger partial charge in [0.05, 0.1) is 6.04 Å². The molecule has 140 valence electrons. The van der Waals surface area contributed by atoms with E-state index >= 15 is 0 Å². The second kappa shape index (κ2) is 9.47. The van der Waals surface area contributed by atoms with Gasteiger partial charge in [-0.1, -0.05) is 73.3 Å². The van der Waals surface area contributed by atoms with Crippen LogP contribution >= 0.6 is 0 Å². The molecule has 0 aliphatic carbocycles. The van der Waals surface area contributed by atoms with E-state index in [1.165, 1.54) is 11.1 Å². The lowest BCUT2D eigenvalue weighted by Crippen LogP contribution is -2.21. The van der Waals surface area contributed by atoms with E-state index in [1.54, 1.807) is 19.3 Å². The van der Waals surface area contributed by atoms with E-state index in [0.717, 1.165) is 16.8 Å². The van der Waals surface area contributed by atoms with Gasteiger partial charge in [-0.2, -0.15) is 0 Å². The minimum atomic E-state index is -0.135. The van der Waals surface area contributed by atoms with Crippen LogP contribution in [0, 0.1) is 0 Å². The number of allylic oxidation sites excluding steroid dienone is 1. The Morgan fingerprint density at radius 1 is 1.04 bits per heavy atom. The molecule has 0 saturated carbocycles. The lowest BCUT2D eigenvalue weighted by molar-refractivity contribution is -0.117. The highest BCUT2D eigenvalue weighted by Crippen LogP contribution is 2.21. The van der Waals surface area contributed by atoms with E-state index in [0.29, 0.717) is 6.42 Å². The van der Waals surface area contributed by atoms with Crippen molar-refractivity contribution in [3.05, 3.63) is 109 Å². The summed E-state index contributed by atoms with van der Waals surface area (Å²) < 4.78 is 0. The molecule has 0 amide bonds. The summed E-state index contributed by atoms with van der Waals surface area (Å²) in [5.74, 6) is 0.120. The Hall–Kier alpha value is -3.46. The van der Waals surface area contributed by atoms with Crippen LogP contribution in [0.1, 0.15) is 30.5 Å². The number of benzene rings is 2. The monoisotopic (exact) mass is 368 g/mol. The standard InChI is InChI=1S/C25H24N2O/c1-19(27-25(17-20(2)28)24-9-6-16-26-18-24)10-11-21-12-14-23(15-13-21)22-7-4-3-5-8-22/h3-16,18,25,27H,1,17H2,2H3/b11-10+. The largest absolute Gasteiger partial charge is 0.378 e. The molecule has 2 aromatic carbocycles. The molecular formula is C25H24N2O. The van der Waals surface area contributed by atoms with Gasteiger partial charge < -0.3 is 5.32 Å². The summed E-state index contributed by atoms with van der Waals surface area (Å²) in [5.41, 5.74) is 5.20. The van der Waals surface area contributed by atoms with Gasteiger partial charge in [0.1, 0.15) is 5.78 Å². The summed E-state index contributed by atoms with van der Waals surface area (Å²) in [4.78, 5) is 15.8. The predicted molar refractivity (Wildman–Crippen MR) is 115 cm³/mol. The molecule has 1 unspecified atom stereocenters. The molecule has 0 saturated heterocycles. The first-order valence-corrected chi connectivity index (χ1v) is 9.30. The highest BCUT2D eigenvalue weighted by atomic mass is 16.1.